The molecule has 0 unspecified atom stereocenters. The van der Waals surface area contributed by atoms with E-state index in [-0.39, 0.29) is 17.7 Å². The number of hydrogen-bond donors (Lipinski definition) is 0. The highest BCUT2D eigenvalue weighted by Gasteiger charge is 2.30. The predicted molar refractivity (Wildman–Crippen MR) is 98.7 cm³/mol. The van der Waals surface area contributed by atoms with Crippen LogP contribution in [0, 0.1) is 5.92 Å². The number of rotatable bonds is 4. The van der Waals surface area contributed by atoms with Crippen molar-refractivity contribution in [3.05, 3.63) is 35.9 Å². The van der Waals surface area contributed by atoms with Gasteiger partial charge in [0.15, 0.2) is 0 Å². The molecule has 2 amide bonds. The van der Waals surface area contributed by atoms with E-state index in [0.29, 0.717) is 39.4 Å². The Balaban J connectivity index is 1.52. The molecule has 6 nitrogen and oxygen atoms in total. The number of likely N-dealkylation sites (tertiary alicyclic amines) is 1. The summed E-state index contributed by atoms with van der Waals surface area (Å²) in [6, 6.07) is 7.59. The average Bonchev–Trinajstić information content (AvgIpc) is 2.72. The van der Waals surface area contributed by atoms with E-state index < -0.39 is 0 Å². The number of hydrogen-bond acceptors (Lipinski definition) is 4. The number of carbonyl (C=O) groups excluding carboxylic acids is 2. The minimum Gasteiger partial charge on any atom is -0.496 e. The summed E-state index contributed by atoms with van der Waals surface area (Å²) in [6.07, 6.45) is 4.82. The van der Waals surface area contributed by atoms with E-state index in [1.165, 1.54) is 0 Å². The molecule has 2 aliphatic rings. The summed E-state index contributed by atoms with van der Waals surface area (Å²) in [6.45, 7) is 3.85. The maximum absolute atomic E-state index is 12.5. The number of para-hydroxylation sites is 1. The van der Waals surface area contributed by atoms with Gasteiger partial charge in [0, 0.05) is 43.7 Å². The number of amides is 2. The number of benzene rings is 1. The molecule has 2 aliphatic heterocycles. The Hall–Kier alpha value is -2.34. The number of carbonyl (C=O) groups is 2. The van der Waals surface area contributed by atoms with Crippen molar-refractivity contribution >= 4 is 17.9 Å². The van der Waals surface area contributed by atoms with Crippen molar-refractivity contribution < 1.29 is 19.1 Å². The molecule has 0 aliphatic carbocycles. The van der Waals surface area contributed by atoms with Crippen LogP contribution in [0.5, 0.6) is 5.75 Å². The minimum atomic E-state index is -0.0202. The van der Waals surface area contributed by atoms with Crippen molar-refractivity contribution in [3.63, 3.8) is 0 Å². The van der Waals surface area contributed by atoms with Gasteiger partial charge in [0.2, 0.25) is 11.8 Å². The highest BCUT2D eigenvalue weighted by atomic mass is 16.5. The van der Waals surface area contributed by atoms with Crippen molar-refractivity contribution in [3.8, 4) is 5.75 Å². The van der Waals surface area contributed by atoms with Gasteiger partial charge in [0.05, 0.1) is 20.3 Å². The lowest BCUT2D eigenvalue weighted by atomic mass is 9.95. The fourth-order valence-electron chi connectivity index (χ4n) is 3.46. The van der Waals surface area contributed by atoms with E-state index in [0.717, 1.165) is 24.2 Å². The van der Waals surface area contributed by atoms with Gasteiger partial charge in [-0.3, -0.25) is 9.59 Å². The molecule has 2 saturated heterocycles. The van der Waals surface area contributed by atoms with Crippen LogP contribution in [-0.2, 0) is 14.3 Å². The number of nitrogens with zero attached hydrogens (tertiary/aromatic N) is 2. The van der Waals surface area contributed by atoms with Crippen LogP contribution in [0.15, 0.2) is 30.3 Å². The number of ether oxygens (including phenoxy) is 2. The lowest BCUT2D eigenvalue weighted by molar-refractivity contribution is -0.142. The summed E-state index contributed by atoms with van der Waals surface area (Å²) in [5.41, 5.74) is 0.876. The second-order valence-electron chi connectivity index (χ2n) is 6.61. The molecule has 140 valence electrons. The molecular formula is C20H26N2O4. The Labute approximate surface area is 154 Å². The molecule has 0 N–H and O–H groups in total. The van der Waals surface area contributed by atoms with Crippen LogP contribution in [-0.4, -0.2) is 68.1 Å². The maximum Gasteiger partial charge on any atom is 0.246 e. The largest absolute Gasteiger partial charge is 0.496 e. The van der Waals surface area contributed by atoms with Gasteiger partial charge in [-0.25, -0.2) is 0 Å². The van der Waals surface area contributed by atoms with Crippen LogP contribution in [0.2, 0.25) is 0 Å². The Kier molecular flexibility index (Phi) is 6.28. The summed E-state index contributed by atoms with van der Waals surface area (Å²) < 4.78 is 10.6. The molecule has 0 spiro atoms. The van der Waals surface area contributed by atoms with Gasteiger partial charge in [0.1, 0.15) is 5.75 Å². The normalized spacial score (nSPS) is 19.0. The van der Waals surface area contributed by atoms with Gasteiger partial charge >= 0.3 is 0 Å². The first kappa shape index (κ1) is 18.5. The third-order valence-corrected chi connectivity index (χ3v) is 5.02. The van der Waals surface area contributed by atoms with Crippen LogP contribution < -0.4 is 4.74 Å². The standard InChI is InChI=1S/C20H26N2O4/c1-25-18-5-3-2-4-16(18)6-7-19(23)21-10-8-17(9-11-21)20(24)22-12-14-26-15-13-22/h2-7,17H,8-15H2,1H3/b7-6+. The lowest BCUT2D eigenvalue weighted by Crippen LogP contribution is -2.47. The van der Waals surface area contributed by atoms with Crippen LogP contribution in [0.4, 0.5) is 0 Å². The second-order valence-corrected chi connectivity index (χ2v) is 6.61. The molecule has 0 saturated carbocycles. The zero-order chi connectivity index (χ0) is 18.4. The van der Waals surface area contributed by atoms with Crippen LogP contribution >= 0.6 is 0 Å². The first-order chi connectivity index (χ1) is 12.7. The van der Waals surface area contributed by atoms with Crippen molar-refractivity contribution in [1.29, 1.82) is 0 Å². The quantitative estimate of drug-likeness (QED) is 0.770. The van der Waals surface area contributed by atoms with Crippen LogP contribution in [0.3, 0.4) is 0 Å². The van der Waals surface area contributed by atoms with E-state index >= 15 is 0 Å². The van der Waals surface area contributed by atoms with E-state index in [1.807, 2.05) is 34.1 Å². The molecule has 0 aromatic heterocycles. The van der Waals surface area contributed by atoms with E-state index in [4.69, 9.17) is 9.47 Å². The molecule has 1 aromatic rings. The Morgan fingerprint density at radius 3 is 2.46 bits per heavy atom. The van der Waals surface area contributed by atoms with Crippen LogP contribution in [0.25, 0.3) is 6.08 Å². The fraction of sp³-hybridized carbons (Fsp3) is 0.500. The third-order valence-electron chi connectivity index (χ3n) is 5.02. The number of methoxy groups -OCH3 is 1. The van der Waals surface area contributed by atoms with Gasteiger partial charge in [-0.15, -0.1) is 0 Å². The molecule has 2 heterocycles. The van der Waals surface area contributed by atoms with Gasteiger partial charge in [-0.1, -0.05) is 18.2 Å². The van der Waals surface area contributed by atoms with Gasteiger partial charge < -0.3 is 19.3 Å². The Morgan fingerprint density at radius 2 is 1.77 bits per heavy atom. The minimum absolute atomic E-state index is 0.0202. The molecular weight excluding hydrogens is 332 g/mol. The maximum atomic E-state index is 12.5. The van der Waals surface area contributed by atoms with Crippen molar-refractivity contribution in [2.24, 2.45) is 5.92 Å². The topological polar surface area (TPSA) is 59.1 Å². The first-order valence-electron chi connectivity index (χ1n) is 9.15. The smallest absolute Gasteiger partial charge is 0.246 e. The molecule has 2 fully saturated rings. The zero-order valence-electron chi connectivity index (χ0n) is 15.2. The molecule has 26 heavy (non-hydrogen) atoms. The lowest BCUT2D eigenvalue weighted by Gasteiger charge is -2.35. The Morgan fingerprint density at radius 1 is 1.08 bits per heavy atom. The number of morpholine rings is 1. The Bertz CT molecular complexity index is 660. The molecule has 3 rings (SSSR count). The highest BCUT2D eigenvalue weighted by Crippen LogP contribution is 2.22. The van der Waals surface area contributed by atoms with Crippen LogP contribution in [0.1, 0.15) is 18.4 Å². The molecule has 6 heteroatoms. The average molecular weight is 358 g/mol. The highest BCUT2D eigenvalue weighted by molar-refractivity contribution is 5.92. The first-order valence-corrected chi connectivity index (χ1v) is 9.15. The summed E-state index contributed by atoms with van der Waals surface area (Å²) >= 11 is 0. The predicted octanol–water partition coefficient (Wildman–Crippen LogP) is 1.81. The molecule has 1 aromatic carbocycles. The number of piperidine rings is 1. The van der Waals surface area contributed by atoms with E-state index in [1.54, 1.807) is 19.3 Å². The SMILES string of the molecule is COc1ccccc1/C=C/C(=O)N1CCC(C(=O)N2CCOCC2)CC1. The van der Waals surface area contributed by atoms with Gasteiger partial charge in [-0.05, 0) is 25.0 Å². The molecule has 0 bridgehead atoms. The van der Waals surface area contributed by atoms with Crippen molar-refractivity contribution in [2.45, 2.75) is 12.8 Å². The third kappa shape index (κ3) is 4.43. The van der Waals surface area contributed by atoms with E-state index in [9.17, 15) is 9.59 Å². The zero-order valence-corrected chi connectivity index (χ0v) is 15.2. The molecule has 0 atom stereocenters. The van der Waals surface area contributed by atoms with Gasteiger partial charge in [-0.2, -0.15) is 0 Å². The van der Waals surface area contributed by atoms with Crippen molar-refractivity contribution in [2.75, 3.05) is 46.5 Å². The summed E-state index contributed by atoms with van der Waals surface area (Å²) in [4.78, 5) is 28.7. The second kappa shape index (κ2) is 8.85. The summed E-state index contributed by atoms with van der Waals surface area (Å²) in [7, 11) is 1.62. The van der Waals surface area contributed by atoms with Crippen molar-refractivity contribution in [1.82, 2.24) is 9.80 Å². The fourth-order valence-corrected chi connectivity index (χ4v) is 3.46. The molecule has 0 radical (unpaired) electrons. The van der Waals surface area contributed by atoms with E-state index in [2.05, 4.69) is 0 Å². The van der Waals surface area contributed by atoms with Gasteiger partial charge in [0.25, 0.3) is 0 Å². The summed E-state index contributed by atoms with van der Waals surface area (Å²) in [5.74, 6) is 0.958. The monoisotopic (exact) mass is 358 g/mol. The summed E-state index contributed by atoms with van der Waals surface area (Å²) in [5, 5.41) is 0.